The summed E-state index contributed by atoms with van der Waals surface area (Å²) in [5.41, 5.74) is 0.844. The molecule has 0 rings (SSSR count). The molecule has 0 aliphatic heterocycles. The van der Waals surface area contributed by atoms with Gasteiger partial charge >= 0.3 is 0 Å². The van der Waals surface area contributed by atoms with E-state index in [1.165, 1.54) is 0 Å². The van der Waals surface area contributed by atoms with E-state index in [0.29, 0.717) is 17.6 Å². The number of carbonyl (C=O) groups is 2. The number of hydrogen-bond acceptors (Lipinski definition) is 2. The molecule has 0 saturated heterocycles. The maximum absolute atomic E-state index is 11.4. The van der Waals surface area contributed by atoms with Gasteiger partial charge in [-0.3, -0.25) is 9.59 Å². The Bertz CT molecular complexity index is 280. The lowest BCUT2D eigenvalue weighted by Crippen LogP contribution is -2.48. The van der Waals surface area contributed by atoms with Gasteiger partial charge in [-0.1, -0.05) is 26.5 Å². The number of nitrogens with one attached hydrogen (secondary N) is 2. The second-order valence-electron chi connectivity index (χ2n) is 3.85. The van der Waals surface area contributed by atoms with Gasteiger partial charge in [0.2, 0.25) is 11.8 Å². The average Bonchev–Trinajstić information content (AvgIpc) is 2.17. The third kappa shape index (κ3) is 5.34. The zero-order valence-electron chi connectivity index (χ0n) is 10.2. The Morgan fingerprint density at radius 1 is 1.06 bits per heavy atom. The molecular weight excluding hydrogens is 204 g/mol. The molecule has 16 heavy (non-hydrogen) atoms. The Morgan fingerprint density at radius 2 is 1.44 bits per heavy atom. The number of hydrogen-bond donors (Lipinski definition) is 2. The van der Waals surface area contributed by atoms with Crippen molar-refractivity contribution in [1.29, 1.82) is 0 Å². The van der Waals surface area contributed by atoms with E-state index >= 15 is 0 Å². The number of carbonyl (C=O) groups excluding carboxylic acids is 2. The maximum atomic E-state index is 11.4. The van der Waals surface area contributed by atoms with Crippen LogP contribution in [0.2, 0.25) is 0 Å². The predicted octanol–water partition coefficient (Wildman–Crippen LogP) is 1.50. The smallest absolute Gasteiger partial charge is 0.247 e. The fraction of sp³-hybridized carbons (Fsp3) is 0.500. The van der Waals surface area contributed by atoms with Crippen LogP contribution in [0.5, 0.6) is 0 Å². The summed E-state index contributed by atoms with van der Waals surface area (Å²) in [6, 6.07) is 0. The van der Waals surface area contributed by atoms with Gasteiger partial charge in [0.25, 0.3) is 0 Å². The van der Waals surface area contributed by atoms with Crippen LogP contribution in [0, 0.1) is 0 Å². The highest BCUT2D eigenvalue weighted by Gasteiger charge is 2.14. The standard InChI is InChI=1S/C12H20N2O2/c1-6-7-10(13-11(15)8(2)3)14-12(16)9(4)5/h10H,2,4,6-7H2,1,3,5H3,(H,13,15)(H,14,16). The highest BCUT2D eigenvalue weighted by Crippen LogP contribution is 1.97. The van der Waals surface area contributed by atoms with Crippen molar-refractivity contribution in [2.75, 3.05) is 0 Å². The molecule has 90 valence electrons. The van der Waals surface area contributed by atoms with Crippen LogP contribution in [0.3, 0.4) is 0 Å². The molecule has 0 aromatic carbocycles. The van der Waals surface area contributed by atoms with E-state index in [1.807, 2.05) is 6.92 Å². The summed E-state index contributed by atoms with van der Waals surface area (Å²) in [5.74, 6) is -0.499. The van der Waals surface area contributed by atoms with Gasteiger partial charge in [0.15, 0.2) is 0 Å². The Morgan fingerprint density at radius 3 is 1.69 bits per heavy atom. The quantitative estimate of drug-likeness (QED) is 0.530. The first-order chi connectivity index (χ1) is 7.38. The first-order valence-electron chi connectivity index (χ1n) is 5.31. The Hall–Kier alpha value is -1.58. The molecule has 0 atom stereocenters. The average molecular weight is 224 g/mol. The fourth-order valence-corrected chi connectivity index (χ4v) is 1.03. The molecule has 0 saturated carbocycles. The number of amides is 2. The molecule has 0 unspecified atom stereocenters. The van der Waals surface area contributed by atoms with Crippen molar-refractivity contribution >= 4 is 11.8 Å². The van der Waals surface area contributed by atoms with Crippen LogP contribution < -0.4 is 10.6 Å². The minimum Gasteiger partial charge on any atom is -0.332 e. The van der Waals surface area contributed by atoms with E-state index in [-0.39, 0.29) is 18.0 Å². The van der Waals surface area contributed by atoms with E-state index in [4.69, 9.17) is 0 Å². The normalized spacial score (nSPS) is 9.75. The molecule has 0 bridgehead atoms. The van der Waals surface area contributed by atoms with Crippen LogP contribution in [0.15, 0.2) is 24.3 Å². The monoisotopic (exact) mass is 224 g/mol. The van der Waals surface area contributed by atoms with Crippen LogP contribution in [0.1, 0.15) is 33.6 Å². The van der Waals surface area contributed by atoms with Crippen LogP contribution in [0.25, 0.3) is 0 Å². The highest BCUT2D eigenvalue weighted by atomic mass is 16.2. The van der Waals surface area contributed by atoms with Crippen molar-refractivity contribution in [3.63, 3.8) is 0 Å². The van der Waals surface area contributed by atoms with Gasteiger partial charge in [-0.05, 0) is 20.3 Å². The van der Waals surface area contributed by atoms with Gasteiger partial charge < -0.3 is 10.6 Å². The first-order valence-corrected chi connectivity index (χ1v) is 5.31. The summed E-state index contributed by atoms with van der Waals surface area (Å²) in [4.78, 5) is 22.8. The van der Waals surface area contributed by atoms with Crippen LogP contribution >= 0.6 is 0 Å². The second-order valence-corrected chi connectivity index (χ2v) is 3.85. The van der Waals surface area contributed by atoms with E-state index in [9.17, 15) is 9.59 Å². The van der Waals surface area contributed by atoms with Crippen LogP contribution in [-0.2, 0) is 9.59 Å². The summed E-state index contributed by atoms with van der Waals surface area (Å²) in [5, 5.41) is 5.38. The topological polar surface area (TPSA) is 58.2 Å². The maximum Gasteiger partial charge on any atom is 0.247 e. The van der Waals surface area contributed by atoms with Gasteiger partial charge in [0.05, 0.1) is 0 Å². The summed E-state index contributed by atoms with van der Waals surface area (Å²) < 4.78 is 0. The lowest BCUT2D eigenvalue weighted by atomic mass is 10.2. The zero-order valence-corrected chi connectivity index (χ0v) is 10.2. The first kappa shape index (κ1) is 14.4. The summed E-state index contributed by atoms with van der Waals surface area (Å²) in [6.45, 7) is 12.3. The lowest BCUT2D eigenvalue weighted by Gasteiger charge is -2.19. The fourth-order valence-electron chi connectivity index (χ4n) is 1.03. The molecule has 2 amide bonds. The zero-order chi connectivity index (χ0) is 12.7. The third-order valence-electron chi connectivity index (χ3n) is 1.96. The molecule has 2 N–H and O–H groups in total. The molecule has 0 aromatic heterocycles. The molecular formula is C12H20N2O2. The van der Waals surface area contributed by atoms with Crippen molar-refractivity contribution in [3.05, 3.63) is 24.3 Å². The van der Waals surface area contributed by atoms with Crippen molar-refractivity contribution in [3.8, 4) is 0 Å². The summed E-state index contributed by atoms with van der Waals surface area (Å²) in [7, 11) is 0. The molecule has 0 aliphatic carbocycles. The molecule has 0 aromatic rings. The van der Waals surface area contributed by atoms with Gasteiger partial charge in [-0.25, -0.2) is 0 Å². The molecule has 0 fully saturated rings. The van der Waals surface area contributed by atoms with Crippen molar-refractivity contribution in [2.24, 2.45) is 0 Å². The van der Waals surface area contributed by atoms with Crippen molar-refractivity contribution < 1.29 is 9.59 Å². The van der Waals surface area contributed by atoms with Gasteiger partial charge in [0.1, 0.15) is 6.17 Å². The molecule has 4 heteroatoms. The van der Waals surface area contributed by atoms with Crippen molar-refractivity contribution in [2.45, 2.75) is 39.8 Å². The minimum atomic E-state index is -0.363. The van der Waals surface area contributed by atoms with E-state index in [1.54, 1.807) is 13.8 Å². The predicted molar refractivity (Wildman–Crippen MR) is 64.6 cm³/mol. The number of rotatable bonds is 6. The lowest BCUT2D eigenvalue weighted by molar-refractivity contribution is -0.120. The molecule has 4 nitrogen and oxygen atoms in total. The molecule has 0 aliphatic rings. The van der Waals surface area contributed by atoms with Crippen molar-refractivity contribution in [1.82, 2.24) is 10.6 Å². The summed E-state index contributed by atoms with van der Waals surface area (Å²) >= 11 is 0. The van der Waals surface area contributed by atoms with E-state index < -0.39 is 0 Å². The molecule has 0 radical (unpaired) electrons. The third-order valence-corrected chi connectivity index (χ3v) is 1.96. The molecule has 0 spiro atoms. The second kappa shape index (κ2) is 6.82. The van der Waals surface area contributed by atoms with Crippen LogP contribution in [0.4, 0.5) is 0 Å². The Labute approximate surface area is 96.8 Å². The van der Waals surface area contributed by atoms with Crippen LogP contribution in [-0.4, -0.2) is 18.0 Å². The highest BCUT2D eigenvalue weighted by molar-refractivity contribution is 5.94. The largest absolute Gasteiger partial charge is 0.332 e. The summed E-state index contributed by atoms with van der Waals surface area (Å²) in [6.07, 6.45) is 1.17. The SMILES string of the molecule is C=C(C)C(=O)NC(CCC)NC(=O)C(=C)C. The minimum absolute atomic E-state index is 0.250. The Kier molecular flexibility index (Phi) is 6.15. The van der Waals surface area contributed by atoms with E-state index in [2.05, 4.69) is 23.8 Å². The van der Waals surface area contributed by atoms with Gasteiger partial charge in [-0.15, -0.1) is 0 Å². The van der Waals surface area contributed by atoms with E-state index in [0.717, 1.165) is 6.42 Å². The van der Waals surface area contributed by atoms with Gasteiger partial charge in [0, 0.05) is 11.1 Å². The Balaban J connectivity index is 4.38. The molecule has 0 heterocycles. The van der Waals surface area contributed by atoms with Gasteiger partial charge in [-0.2, -0.15) is 0 Å².